The van der Waals surface area contributed by atoms with Crippen molar-refractivity contribution in [1.82, 2.24) is 28.5 Å². The zero-order valence-corrected chi connectivity index (χ0v) is 34.1. The molecule has 0 atom stereocenters. The minimum atomic E-state index is -4.29. The Morgan fingerprint density at radius 2 is 1.10 bits per heavy atom. The van der Waals surface area contributed by atoms with E-state index in [4.69, 9.17) is 10.2 Å². The smallest absolute Gasteiger partial charge is 0.344 e. The summed E-state index contributed by atoms with van der Waals surface area (Å²) in [4.78, 5) is 18.9. The van der Waals surface area contributed by atoms with Crippen LogP contribution in [0.25, 0.3) is 22.8 Å². The minimum absolute atomic E-state index is 0.603. The zero-order chi connectivity index (χ0) is 40.3. The lowest BCUT2D eigenvalue weighted by Gasteiger charge is -2.34. The quantitative estimate of drug-likeness (QED) is 0.127. The van der Waals surface area contributed by atoms with Crippen LogP contribution in [0, 0.1) is 18.3 Å². The Labute approximate surface area is 346 Å². The molecular formula is C44H46F3N9S2. The van der Waals surface area contributed by atoms with E-state index in [0.717, 1.165) is 117 Å². The number of nitrogens with zero attached hydrogens (tertiary/aromatic N) is 9. The molecule has 0 saturated carbocycles. The fraction of sp³-hybridized carbons (Fsp3) is 0.341. The lowest BCUT2D eigenvalue weighted by Crippen LogP contribution is -2.47. The molecule has 0 aliphatic carbocycles. The molecule has 300 valence electrons. The Hall–Kier alpha value is -5.20. The summed E-state index contributed by atoms with van der Waals surface area (Å²) in [5.41, 5.74) is 5.59. The van der Waals surface area contributed by atoms with Crippen LogP contribution >= 0.6 is 23.1 Å². The summed E-state index contributed by atoms with van der Waals surface area (Å²) in [7, 11) is 0. The van der Waals surface area contributed by atoms with E-state index in [2.05, 4.69) is 101 Å². The molecule has 2 aliphatic heterocycles. The number of aromatic nitrogens is 4. The van der Waals surface area contributed by atoms with Crippen molar-refractivity contribution in [3.63, 3.8) is 0 Å². The van der Waals surface area contributed by atoms with E-state index < -0.39 is 11.7 Å². The third-order valence-electron chi connectivity index (χ3n) is 10.5. The molecule has 2 fully saturated rings. The second-order valence-electron chi connectivity index (χ2n) is 14.5. The average Bonchev–Trinajstić information content (AvgIpc) is 3.96. The van der Waals surface area contributed by atoms with Crippen molar-refractivity contribution >= 4 is 33.3 Å². The van der Waals surface area contributed by atoms with Gasteiger partial charge >= 0.3 is 6.18 Å². The third-order valence-corrected chi connectivity index (χ3v) is 12.0. The van der Waals surface area contributed by atoms with E-state index in [9.17, 15) is 13.2 Å². The van der Waals surface area contributed by atoms with Gasteiger partial charge in [-0.3, -0.25) is 9.80 Å². The summed E-state index contributed by atoms with van der Waals surface area (Å²) < 4.78 is 47.0. The van der Waals surface area contributed by atoms with Gasteiger partial charge in [-0.05, 0) is 80.3 Å². The molecule has 0 N–H and O–H groups in total. The van der Waals surface area contributed by atoms with Crippen LogP contribution in [0.5, 0.6) is 0 Å². The molecule has 58 heavy (non-hydrogen) atoms. The van der Waals surface area contributed by atoms with Crippen LogP contribution in [-0.4, -0.2) is 94.0 Å². The second kappa shape index (κ2) is 19.5. The Morgan fingerprint density at radius 3 is 1.62 bits per heavy atom. The molecular weight excluding hydrogens is 776 g/mol. The first-order valence-corrected chi connectivity index (χ1v) is 21.1. The normalized spacial score (nSPS) is 15.2. The van der Waals surface area contributed by atoms with Gasteiger partial charge < -0.3 is 9.80 Å². The number of halogens is 3. The van der Waals surface area contributed by atoms with Crippen LogP contribution in [0.1, 0.15) is 34.2 Å². The molecule has 0 radical (unpaired) electrons. The van der Waals surface area contributed by atoms with Crippen molar-refractivity contribution in [2.45, 2.75) is 32.4 Å². The zero-order valence-electron chi connectivity index (χ0n) is 32.5. The fourth-order valence-corrected chi connectivity index (χ4v) is 8.42. The highest BCUT2D eigenvalue weighted by Gasteiger charge is 2.30. The van der Waals surface area contributed by atoms with Gasteiger partial charge in [-0.1, -0.05) is 72.3 Å². The van der Waals surface area contributed by atoms with Crippen LogP contribution < -0.4 is 9.80 Å². The minimum Gasteiger partial charge on any atom is -0.344 e. The summed E-state index contributed by atoms with van der Waals surface area (Å²) in [5.74, 6) is 1.51. The number of piperazine rings is 2. The SMILES string of the molecule is Cc1ccc(-c2nsc(N3CCN(CCCc4ccccc4)CC3)n2)cc1.N#Cc1ccc(-c2nsc(N3CCN(CCc4ccc(C(F)(F)F)cc4)CC3)n2)cc1. The van der Waals surface area contributed by atoms with Gasteiger partial charge in [-0.25, -0.2) is 0 Å². The van der Waals surface area contributed by atoms with E-state index in [-0.39, 0.29) is 0 Å². The Morgan fingerprint density at radius 1 is 0.603 bits per heavy atom. The maximum atomic E-state index is 12.7. The van der Waals surface area contributed by atoms with Gasteiger partial charge in [0.2, 0.25) is 10.3 Å². The van der Waals surface area contributed by atoms with Crippen molar-refractivity contribution < 1.29 is 13.2 Å². The van der Waals surface area contributed by atoms with Gasteiger partial charge in [0.15, 0.2) is 11.6 Å². The van der Waals surface area contributed by atoms with Gasteiger partial charge in [0.25, 0.3) is 0 Å². The summed E-state index contributed by atoms with van der Waals surface area (Å²) in [6.07, 6.45) is -1.18. The first-order valence-electron chi connectivity index (χ1n) is 19.6. The number of hydrogen-bond donors (Lipinski definition) is 0. The molecule has 2 saturated heterocycles. The topological polar surface area (TPSA) is 88.3 Å². The maximum Gasteiger partial charge on any atom is 0.416 e. The molecule has 4 heterocycles. The second-order valence-corrected chi connectivity index (χ2v) is 16.0. The van der Waals surface area contributed by atoms with Crippen LogP contribution in [0.3, 0.4) is 0 Å². The van der Waals surface area contributed by atoms with Gasteiger partial charge in [-0.15, -0.1) is 0 Å². The van der Waals surface area contributed by atoms with Crippen LogP contribution in [0.4, 0.5) is 23.4 Å². The molecule has 2 aliphatic rings. The number of rotatable bonds is 11. The molecule has 0 bridgehead atoms. The van der Waals surface area contributed by atoms with Crippen molar-refractivity contribution in [2.24, 2.45) is 0 Å². The van der Waals surface area contributed by atoms with Crippen LogP contribution in [0.2, 0.25) is 0 Å². The van der Waals surface area contributed by atoms with E-state index in [1.807, 2.05) is 12.1 Å². The molecule has 14 heteroatoms. The molecule has 0 spiro atoms. The number of aryl methyl sites for hydroxylation is 2. The van der Waals surface area contributed by atoms with Gasteiger partial charge in [0, 0.05) is 93.1 Å². The molecule has 9 nitrogen and oxygen atoms in total. The number of hydrogen-bond acceptors (Lipinski definition) is 11. The predicted octanol–water partition coefficient (Wildman–Crippen LogP) is 8.73. The molecule has 0 unspecified atom stereocenters. The Bertz CT molecular complexity index is 2200. The van der Waals surface area contributed by atoms with Gasteiger partial charge in [-0.2, -0.15) is 37.1 Å². The van der Waals surface area contributed by atoms with Crippen LogP contribution in [-0.2, 0) is 19.0 Å². The highest BCUT2D eigenvalue weighted by Crippen LogP contribution is 2.30. The van der Waals surface area contributed by atoms with Crippen molar-refractivity contribution in [2.75, 3.05) is 75.2 Å². The van der Waals surface area contributed by atoms with Crippen molar-refractivity contribution in [3.8, 4) is 28.8 Å². The largest absolute Gasteiger partial charge is 0.416 e. The Balaban J connectivity index is 0.000000178. The van der Waals surface area contributed by atoms with Gasteiger partial charge in [0.05, 0.1) is 17.2 Å². The maximum absolute atomic E-state index is 12.7. The monoisotopic (exact) mass is 821 g/mol. The highest BCUT2D eigenvalue weighted by atomic mass is 32.1. The number of benzene rings is 4. The van der Waals surface area contributed by atoms with E-state index in [1.54, 1.807) is 24.3 Å². The number of alkyl halides is 3. The lowest BCUT2D eigenvalue weighted by molar-refractivity contribution is -0.137. The number of nitriles is 1. The van der Waals surface area contributed by atoms with Crippen molar-refractivity contribution in [1.29, 1.82) is 5.26 Å². The standard InChI is InChI=1S/C22H20F3N5S.C22H26N4S/c23-22(24,25)19-7-3-16(4-8-19)9-10-29-11-13-30(14-12-29)21-27-20(28-31-21)18-5-1-17(15-26)2-6-18;1-18-9-11-20(12-10-18)21-23-22(27-24-21)26-16-14-25(15-17-26)13-5-8-19-6-3-2-4-7-19/h1-8H,9-14H2;2-4,6-7,9-12H,5,8,13-17H2,1H3. The predicted molar refractivity (Wildman–Crippen MR) is 227 cm³/mol. The average molecular weight is 822 g/mol. The van der Waals surface area contributed by atoms with Crippen LogP contribution in [0.15, 0.2) is 103 Å². The molecule has 8 rings (SSSR count). The summed E-state index contributed by atoms with van der Waals surface area (Å²) in [6, 6.07) is 33.9. The third kappa shape index (κ3) is 11.3. The molecule has 4 aromatic carbocycles. The summed E-state index contributed by atoms with van der Waals surface area (Å²) >= 11 is 2.88. The fourth-order valence-electron chi connectivity index (χ4n) is 6.94. The summed E-state index contributed by atoms with van der Waals surface area (Å²) in [5, 5.41) is 10.8. The Kier molecular flexibility index (Phi) is 13.8. The number of anilines is 2. The first-order chi connectivity index (χ1) is 28.2. The summed E-state index contributed by atoms with van der Waals surface area (Å²) in [6.45, 7) is 11.8. The van der Waals surface area contributed by atoms with E-state index >= 15 is 0 Å². The van der Waals surface area contributed by atoms with Gasteiger partial charge in [0.1, 0.15) is 0 Å². The first kappa shape index (κ1) is 41.0. The lowest BCUT2D eigenvalue weighted by atomic mass is 10.1. The molecule has 2 aromatic heterocycles. The highest BCUT2D eigenvalue weighted by molar-refractivity contribution is 7.10. The van der Waals surface area contributed by atoms with E-state index in [1.165, 1.54) is 47.2 Å². The molecule has 6 aromatic rings. The molecule has 0 amide bonds. The van der Waals surface area contributed by atoms with Crippen molar-refractivity contribution in [3.05, 3.63) is 131 Å². The van der Waals surface area contributed by atoms with E-state index in [0.29, 0.717) is 11.4 Å².